The number of carbonyl (C=O) groups is 2. The molecule has 0 saturated carbocycles. The first-order valence-electron chi connectivity index (χ1n) is 7.08. The molecule has 2 rings (SSSR count). The van der Waals surface area contributed by atoms with Crippen molar-refractivity contribution in [1.82, 2.24) is 15.3 Å². The molecule has 0 aliphatic carbocycles. The highest BCUT2D eigenvalue weighted by molar-refractivity contribution is 7.97. The Kier molecular flexibility index (Phi) is 6.14. The fraction of sp³-hybridized carbons (Fsp3) is 0.250. The van der Waals surface area contributed by atoms with Crippen molar-refractivity contribution in [1.29, 1.82) is 0 Å². The van der Waals surface area contributed by atoms with Crippen LogP contribution in [-0.2, 0) is 5.75 Å². The number of carbonyl (C=O) groups excluding carboxylic acids is 2. The Morgan fingerprint density at radius 2 is 2.00 bits per heavy atom. The minimum Gasteiger partial charge on any atom is -0.497 e. The fourth-order valence-electron chi connectivity index (χ4n) is 1.96. The third kappa shape index (κ3) is 4.69. The molecule has 0 atom stereocenters. The molecule has 24 heavy (non-hydrogen) atoms. The lowest BCUT2D eigenvalue weighted by atomic mass is 10.1. The normalized spacial score (nSPS) is 10.2. The van der Waals surface area contributed by atoms with Gasteiger partial charge in [0, 0.05) is 11.6 Å². The average molecular weight is 347 g/mol. The van der Waals surface area contributed by atoms with E-state index in [-0.39, 0.29) is 18.0 Å². The maximum absolute atomic E-state index is 12.1. The second kappa shape index (κ2) is 8.30. The topological polar surface area (TPSA) is 101 Å². The summed E-state index contributed by atoms with van der Waals surface area (Å²) in [6.45, 7) is -0.183. The first kappa shape index (κ1) is 17.7. The van der Waals surface area contributed by atoms with Crippen LogP contribution >= 0.6 is 11.8 Å². The molecule has 0 unspecified atom stereocenters. The number of nitrogens with zero attached hydrogens (tertiary/aromatic N) is 1. The van der Waals surface area contributed by atoms with Crippen LogP contribution in [0.15, 0.2) is 35.1 Å². The van der Waals surface area contributed by atoms with Crippen LogP contribution in [0.2, 0.25) is 0 Å². The molecule has 0 bridgehead atoms. The summed E-state index contributed by atoms with van der Waals surface area (Å²) >= 11 is 1.47. The molecule has 0 aliphatic heterocycles. The number of hydrogen-bond donors (Lipinski definition) is 2. The molecule has 1 aromatic carbocycles. The van der Waals surface area contributed by atoms with E-state index in [4.69, 9.17) is 4.74 Å². The number of rotatable bonds is 7. The quantitative estimate of drug-likeness (QED) is 0.731. The lowest BCUT2D eigenvalue weighted by Gasteiger charge is -2.06. The summed E-state index contributed by atoms with van der Waals surface area (Å²) in [4.78, 5) is 42.3. The van der Waals surface area contributed by atoms with E-state index >= 15 is 0 Å². The first-order chi connectivity index (χ1) is 11.5. The third-order valence-electron chi connectivity index (χ3n) is 3.13. The number of Topliss-reactive ketones (excluding diaryl/α,β-unsaturated/α-hetero) is 1. The highest BCUT2D eigenvalue weighted by Crippen LogP contribution is 2.11. The second-order valence-electron chi connectivity index (χ2n) is 4.84. The maximum Gasteiger partial charge on any atom is 0.270 e. The summed E-state index contributed by atoms with van der Waals surface area (Å²) in [7, 11) is 1.54. The van der Waals surface area contributed by atoms with Gasteiger partial charge < -0.3 is 15.0 Å². The summed E-state index contributed by atoms with van der Waals surface area (Å²) in [6.07, 6.45) is 1.86. The minimum atomic E-state index is -0.565. The number of H-pyrrole nitrogens is 1. The van der Waals surface area contributed by atoms with Crippen molar-refractivity contribution in [3.8, 4) is 5.75 Å². The van der Waals surface area contributed by atoms with Crippen molar-refractivity contribution in [2.75, 3.05) is 19.9 Å². The molecular formula is C16H17N3O4S. The Hall–Kier alpha value is -2.61. The fourth-order valence-corrected chi connectivity index (χ4v) is 2.37. The number of aromatic amines is 1. The number of hydrogen-bond acceptors (Lipinski definition) is 6. The van der Waals surface area contributed by atoms with Crippen molar-refractivity contribution in [3.05, 3.63) is 57.8 Å². The van der Waals surface area contributed by atoms with Gasteiger partial charge in [-0.05, 0) is 30.5 Å². The van der Waals surface area contributed by atoms with Crippen LogP contribution in [-0.4, -0.2) is 41.6 Å². The minimum absolute atomic E-state index is 0.00895. The number of thioether (sulfide) groups is 1. The van der Waals surface area contributed by atoms with E-state index in [1.165, 1.54) is 18.9 Å². The third-order valence-corrected chi connectivity index (χ3v) is 3.69. The van der Waals surface area contributed by atoms with Crippen LogP contribution < -0.4 is 15.6 Å². The molecule has 2 N–H and O–H groups in total. The number of ether oxygens (including phenoxy) is 1. The summed E-state index contributed by atoms with van der Waals surface area (Å²) < 4.78 is 5.02. The Balaban J connectivity index is 2.01. The van der Waals surface area contributed by atoms with Crippen LogP contribution in [0.3, 0.4) is 0 Å². The number of benzene rings is 1. The number of aromatic nitrogens is 2. The van der Waals surface area contributed by atoms with Crippen molar-refractivity contribution >= 4 is 23.5 Å². The Bertz CT molecular complexity index is 787. The highest BCUT2D eigenvalue weighted by Gasteiger charge is 2.13. The SMILES string of the molecule is COc1ccc(C(=O)CNC(=O)c2cc(=O)[nH]c(CSC)n2)cc1. The zero-order valence-corrected chi connectivity index (χ0v) is 14.1. The summed E-state index contributed by atoms with van der Waals surface area (Å²) in [5.41, 5.74) is 0.0454. The van der Waals surface area contributed by atoms with Crippen molar-refractivity contribution < 1.29 is 14.3 Å². The number of methoxy groups -OCH3 is 1. The molecule has 0 aliphatic rings. The molecule has 8 heteroatoms. The van der Waals surface area contributed by atoms with Gasteiger partial charge in [0.05, 0.1) is 19.4 Å². The molecule has 7 nitrogen and oxygen atoms in total. The smallest absolute Gasteiger partial charge is 0.270 e. The summed E-state index contributed by atoms with van der Waals surface area (Å²) in [6, 6.07) is 7.69. The van der Waals surface area contributed by atoms with Gasteiger partial charge in [0.15, 0.2) is 5.78 Å². The van der Waals surface area contributed by atoms with E-state index in [1.807, 2.05) is 6.26 Å². The molecule has 0 fully saturated rings. The Morgan fingerprint density at radius 3 is 2.62 bits per heavy atom. The number of ketones is 1. The van der Waals surface area contributed by atoms with Crippen molar-refractivity contribution in [2.45, 2.75) is 5.75 Å². The molecule has 1 amide bonds. The molecule has 2 aromatic rings. The molecule has 1 heterocycles. The molecule has 0 saturated heterocycles. The van der Waals surface area contributed by atoms with Crippen LogP contribution in [0.5, 0.6) is 5.75 Å². The van der Waals surface area contributed by atoms with Gasteiger partial charge in [-0.15, -0.1) is 0 Å². The van der Waals surface area contributed by atoms with Crippen molar-refractivity contribution in [3.63, 3.8) is 0 Å². The monoisotopic (exact) mass is 347 g/mol. The predicted octanol–water partition coefficient (Wildman–Crippen LogP) is 1.25. The number of amides is 1. The van der Waals surface area contributed by atoms with Gasteiger partial charge in [-0.3, -0.25) is 14.4 Å². The molecule has 1 aromatic heterocycles. The molecular weight excluding hydrogens is 330 g/mol. The standard InChI is InChI=1S/C16H17N3O4S/c1-23-11-5-3-10(4-6-11)13(20)8-17-16(22)12-7-15(21)19-14(18-12)9-24-2/h3-7H,8-9H2,1-2H3,(H,17,22)(H,18,19,21). The van der Waals surface area contributed by atoms with Gasteiger partial charge in [0.25, 0.3) is 11.5 Å². The van der Waals surface area contributed by atoms with Crippen molar-refractivity contribution in [2.24, 2.45) is 0 Å². The van der Waals surface area contributed by atoms with Crippen LogP contribution in [0, 0.1) is 0 Å². The van der Waals surface area contributed by atoms with Gasteiger partial charge in [-0.25, -0.2) is 4.98 Å². The lowest BCUT2D eigenvalue weighted by molar-refractivity contribution is 0.0900. The van der Waals surface area contributed by atoms with Gasteiger partial charge in [0.1, 0.15) is 17.3 Å². The maximum atomic E-state index is 12.1. The Morgan fingerprint density at radius 1 is 1.29 bits per heavy atom. The largest absolute Gasteiger partial charge is 0.497 e. The highest BCUT2D eigenvalue weighted by atomic mass is 32.2. The molecule has 126 valence electrons. The van der Waals surface area contributed by atoms with E-state index in [9.17, 15) is 14.4 Å². The van der Waals surface area contributed by atoms with Crippen LogP contribution in [0.1, 0.15) is 26.7 Å². The van der Waals surface area contributed by atoms with E-state index in [0.717, 1.165) is 6.07 Å². The van der Waals surface area contributed by atoms with Crippen LogP contribution in [0.4, 0.5) is 0 Å². The second-order valence-corrected chi connectivity index (χ2v) is 5.71. The zero-order valence-electron chi connectivity index (χ0n) is 13.3. The lowest BCUT2D eigenvalue weighted by Crippen LogP contribution is -2.31. The Labute approximate surface area is 142 Å². The summed E-state index contributed by atoms with van der Waals surface area (Å²) in [5, 5.41) is 2.48. The van der Waals surface area contributed by atoms with Gasteiger partial charge in [-0.2, -0.15) is 11.8 Å². The first-order valence-corrected chi connectivity index (χ1v) is 8.47. The van der Waals surface area contributed by atoms with Gasteiger partial charge >= 0.3 is 0 Å². The van der Waals surface area contributed by atoms with Gasteiger partial charge in [0.2, 0.25) is 0 Å². The molecule has 0 spiro atoms. The van der Waals surface area contributed by atoms with E-state index in [2.05, 4.69) is 15.3 Å². The van der Waals surface area contributed by atoms with E-state index in [0.29, 0.717) is 22.9 Å². The van der Waals surface area contributed by atoms with E-state index < -0.39 is 11.5 Å². The van der Waals surface area contributed by atoms with Gasteiger partial charge in [-0.1, -0.05) is 0 Å². The number of nitrogens with one attached hydrogen (secondary N) is 2. The van der Waals surface area contributed by atoms with Crippen LogP contribution in [0.25, 0.3) is 0 Å². The predicted molar refractivity (Wildman–Crippen MR) is 91.7 cm³/mol. The summed E-state index contributed by atoms with van der Waals surface area (Å²) in [5.74, 6) is 0.734. The average Bonchev–Trinajstić information content (AvgIpc) is 2.59. The zero-order chi connectivity index (χ0) is 17.5. The molecule has 0 radical (unpaired) electrons. The van der Waals surface area contributed by atoms with E-state index in [1.54, 1.807) is 24.3 Å².